The van der Waals surface area contributed by atoms with Crippen LogP contribution in [0.25, 0.3) is 0 Å². The van der Waals surface area contributed by atoms with Crippen LogP contribution < -0.4 is 0 Å². The molecule has 0 aliphatic carbocycles. The van der Waals surface area contributed by atoms with E-state index >= 15 is 0 Å². The van der Waals surface area contributed by atoms with E-state index in [1.165, 1.54) is 60.4 Å². The first kappa shape index (κ1) is 101. The maximum atomic E-state index is 6.35. The highest BCUT2D eigenvalue weighted by atomic mass is 28.5. The van der Waals surface area contributed by atoms with Crippen molar-refractivity contribution in [3.63, 3.8) is 0 Å². The highest BCUT2D eigenvalue weighted by Gasteiger charge is 2.47. The van der Waals surface area contributed by atoms with Crippen LogP contribution in [-0.2, 0) is 51.2 Å². The summed E-state index contributed by atoms with van der Waals surface area (Å²) in [5, 5.41) is 0. The average molecular weight is 1280 g/mol. The van der Waals surface area contributed by atoms with Crippen LogP contribution in [0, 0.1) is 17.8 Å². The van der Waals surface area contributed by atoms with Crippen molar-refractivity contribution in [1.29, 1.82) is 0 Å². The molecule has 0 saturated carbocycles. The van der Waals surface area contributed by atoms with Gasteiger partial charge in [0.25, 0.3) is 0 Å². The van der Waals surface area contributed by atoms with Crippen molar-refractivity contribution in [3.8, 4) is 0 Å². The summed E-state index contributed by atoms with van der Waals surface area (Å²) >= 11 is 0. The summed E-state index contributed by atoms with van der Waals surface area (Å²) in [7, 11) is -17.1. The van der Waals surface area contributed by atoms with E-state index in [0.29, 0.717) is 0 Å². The molecular weight excluding hydrogens is 1130 g/mol. The lowest BCUT2D eigenvalue weighted by molar-refractivity contribution is 0.242. The van der Waals surface area contributed by atoms with Gasteiger partial charge in [0.05, 0.1) is 0 Å². The van der Waals surface area contributed by atoms with E-state index in [1.807, 2.05) is 0 Å². The molecule has 6 rings (SSSR count). The van der Waals surface area contributed by atoms with Crippen LogP contribution >= 0.6 is 0 Å². The smallest absolute Gasteiger partial charge is 0.307 e. The van der Waals surface area contributed by atoms with E-state index in [1.54, 1.807) is 0 Å². The van der Waals surface area contributed by atoms with Crippen LogP contribution in [0.2, 0.25) is 145 Å². The van der Waals surface area contributed by atoms with Crippen LogP contribution in [0.15, 0.2) is 0 Å². The van der Waals surface area contributed by atoms with Crippen LogP contribution in [-0.4, -0.2) is 145 Å². The molecule has 0 bridgehead atoms. The second-order valence-electron chi connectivity index (χ2n) is 20.9. The lowest BCUT2D eigenvalue weighted by atomic mass is 10.0. The Bertz CT molecular complexity index is 1250. The fourth-order valence-corrected chi connectivity index (χ4v) is 60.3. The molecule has 12 nitrogen and oxygen atoms in total. The third kappa shape index (κ3) is 35.9. The van der Waals surface area contributed by atoms with E-state index in [9.17, 15) is 0 Å². The highest BCUT2D eigenvalue weighted by molar-refractivity contribution is 6.94. The molecule has 6 aliphatic heterocycles. The fourth-order valence-electron chi connectivity index (χ4n) is 10.4. The third-order valence-corrected chi connectivity index (χ3v) is 59.1. The molecule has 24 heteroatoms. The van der Waals surface area contributed by atoms with Crippen LogP contribution in [0.3, 0.4) is 0 Å². The average Bonchev–Trinajstić information content (AvgIpc) is 3.10. The lowest BCUT2D eigenvalue weighted by Gasteiger charge is -2.43. The molecule has 0 aromatic heterocycles. The standard InChI is InChI=1S/C14H34O4Si4.C13H32O4Si4.C9H24O4Si4.14CH4/c1-13(11-21(5)9-7-15-19(3)17-21)14(2)12-22(6)10-8-16-20(4)18-22;1-13(12-21(5)11-8-15-19(3)17-21)6-9-20(4)10-7-14-18(2)16-20;1-14-10-5-7-16(3,12-14)9-17(4)8-6-11-15(2)13-17;;;;;;;;;;;;;;/h13-14,19-20H,7-12H2,1-6H3;13,18-19H,6-12H2,1-5H3;14-15H,5-9H2,1-4H3;14*1H4. The zero-order valence-corrected chi connectivity index (χ0v) is 53.8. The molecule has 15 atom stereocenters. The normalized spacial score (nSPS) is 35.9. The Morgan fingerprint density at radius 1 is 0.311 bits per heavy atom. The molecule has 15 unspecified atom stereocenters. The topological polar surface area (TPSA) is 111 Å². The molecule has 0 radical (unpaired) electrons. The second kappa shape index (κ2) is 45.6. The molecule has 6 heterocycles. The molecule has 6 fully saturated rings. The molecule has 466 valence electrons. The van der Waals surface area contributed by atoms with Crippen molar-refractivity contribution in [2.45, 2.75) is 276 Å². The van der Waals surface area contributed by atoms with Gasteiger partial charge < -0.3 is 51.2 Å². The Labute approximate surface area is 486 Å². The first-order chi connectivity index (χ1) is 27.9. The molecule has 0 amide bonds. The summed E-state index contributed by atoms with van der Waals surface area (Å²) in [5.74, 6) is 2.21. The number of hydrogen-bond acceptors (Lipinski definition) is 12. The van der Waals surface area contributed by atoms with Crippen molar-refractivity contribution in [3.05, 3.63) is 0 Å². The predicted molar refractivity (Wildman–Crippen MR) is 369 cm³/mol. The molecule has 6 aliphatic rings. The highest BCUT2D eigenvalue weighted by Crippen LogP contribution is 2.37. The largest absolute Gasteiger partial charge is 0.438 e. The van der Waals surface area contributed by atoms with Crippen molar-refractivity contribution in [2.24, 2.45) is 17.8 Å². The van der Waals surface area contributed by atoms with Gasteiger partial charge >= 0.3 is 55.7 Å². The van der Waals surface area contributed by atoms with E-state index in [2.05, 4.69) is 99.3 Å². The van der Waals surface area contributed by atoms with Crippen LogP contribution in [0.5, 0.6) is 0 Å². The lowest BCUT2D eigenvalue weighted by Crippen LogP contribution is -2.56. The van der Waals surface area contributed by atoms with E-state index in [4.69, 9.17) is 51.2 Å². The zero-order chi connectivity index (χ0) is 44.4. The van der Waals surface area contributed by atoms with Crippen molar-refractivity contribution < 1.29 is 51.2 Å². The maximum Gasteiger partial charge on any atom is 0.307 e. The van der Waals surface area contributed by atoms with Gasteiger partial charge in [0, 0.05) is 39.6 Å². The maximum absolute atomic E-state index is 6.35. The van der Waals surface area contributed by atoms with Crippen molar-refractivity contribution >= 4 is 106 Å². The Hall–Kier alpha value is 2.12. The zero-order valence-electron chi connectivity index (χ0n) is 40.8. The first-order valence-corrected chi connectivity index (χ1v) is 53.2. The fraction of sp³-hybridized carbons (Fsp3) is 1.00. The van der Waals surface area contributed by atoms with Crippen molar-refractivity contribution in [2.75, 3.05) is 39.6 Å². The SMILES string of the molecule is C.C.C.C.C.C.C.C.C.C.C.C.C.C.CC(CC[Si]1(C)CCO[SiH](C)O1)C[Si]1(C)CCO[SiH](C)O1.CC(C[Si]1(C)CCO[SiH](C)O1)C(C)C[Si]1(C)CCO[SiH](C)O1.C[SiH]1OCC[Si](C)(C[Si]2(C)CCO[SiH](C)O2)O1. The summed E-state index contributed by atoms with van der Waals surface area (Å²) in [6.45, 7) is 40.3. The molecule has 0 N–H and O–H groups in total. The molecule has 6 saturated heterocycles. The Morgan fingerprint density at radius 3 is 0.770 bits per heavy atom. The third-order valence-electron chi connectivity index (χ3n) is 13.8. The van der Waals surface area contributed by atoms with Gasteiger partial charge in [0.15, 0.2) is 49.9 Å². The molecular formula is C50H146O12Si12. The minimum absolute atomic E-state index is 0. The van der Waals surface area contributed by atoms with Gasteiger partial charge in [-0.1, -0.05) is 131 Å². The van der Waals surface area contributed by atoms with Gasteiger partial charge in [-0.15, -0.1) is 0 Å². The molecule has 0 spiro atoms. The van der Waals surface area contributed by atoms with Gasteiger partial charge in [-0.25, -0.2) is 0 Å². The Kier molecular flexibility index (Phi) is 62.4. The van der Waals surface area contributed by atoms with Gasteiger partial charge in [-0.3, -0.25) is 0 Å². The molecule has 0 aromatic rings. The monoisotopic (exact) mass is 1270 g/mol. The summed E-state index contributed by atoms with van der Waals surface area (Å²) in [4.78, 5) is 0. The van der Waals surface area contributed by atoms with E-state index in [0.717, 1.165) is 69.5 Å². The van der Waals surface area contributed by atoms with Gasteiger partial charge in [-0.2, -0.15) is 0 Å². The molecule has 0 aromatic carbocycles. The Morgan fingerprint density at radius 2 is 0.514 bits per heavy atom. The minimum Gasteiger partial charge on any atom is -0.438 e. The summed E-state index contributed by atoms with van der Waals surface area (Å²) in [5.41, 5.74) is 1.24. The van der Waals surface area contributed by atoms with E-state index in [-0.39, 0.29) is 104 Å². The minimum atomic E-state index is -1.55. The summed E-state index contributed by atoms with van der Waals surface area (Å²) in [6.07, 6.45) is 1.30. The Balaban J connectivity index is -0.0000000821. The quantitative estimate of drug-likeness (QED) is 0.174. The van der Waals surface area contributed by atoms with Gasteiger partial charge in [0.1, 0.15) is 0 Å². The van der Waals surface area contributed by atoms with Gasteiger partial charge in [0.2, 0.25) is 0 Å². The van der Waals surface area contributed by atoms with Crippen LogP contribution in [0.1, 0.15) is 131 Å². The summed E-state index contributed by atoms with van der Waals surface area (Å²) in [6, 6.07) is 12.1. The van der Waals surface area contributed by atoms with E-state index < -0.39 is 106 Å². The number of rotatable bonds is 12. The first-order valence-electron chi connectivity index (χ1n) is 23.7. The van der Waals surface area contributed by atoms with Crippen molar-refractivity contribution in [1.82, 2.24) is 0 Å². The number of hydrogen-bond donors (Lipinski definition) is 0. The second-order valence-corrected chi connectivity index (χ2v) is 58.9. The summed E-state index contributed by atoms with van der Waals surface area (Å²) < 4.78 is 71.8. The van der Waals surface area contributed by atoms with Crippen LogP contribution in [0.4, 0.5) is 0 Å². The van der Waals surface area contributed by atoms with Gasteiger partial charge in [-0.05, 0) is 162 Å². The molecule has 74 heavy (non-hydrogen) atoms. The predicted octanol–water partition coefficient (Wildman–Crippen LogP) is 16.5.